The van der Waals surface area contributed by atoms with E-state index in [0.717, 1.165) is 21.4 Å². The first-order valence-corrected chi connectivity index (χ1v) is 9.64. The van der Waals surface area contributed by atoms with Crippen LogP contribution in [0.5, 0.6) is 0 Å². The molecule has 0 saturated carbocycles. The van der Waals surface area contributed by atoms with Crippen LogP contribution in [0.15, 0.2) is 52.2 Å². The van der Waals surface area contributed by atoms with Crippen molar-refractivity contribution < 1.29 is 9.63 Å². The van der Waals surface area contributed by atoms with Gasteiger partial charge < -0.3 is 15.9 Å². The van der Waals surface area contributed by atoms with Crippen molar-refractivity contribution in [2.75, 3.05) is 11.9 Å². The Morgan fingerprint density at radius 1 is 1.24 bits per heavy atom. The van der Waals surface area contributed by atoms with Crippen LogP contribution in [0, 0.1) is 20.8 Å². The van der Waals surface area contributed by atoms with Gasteiger partial charge >= 0.3 is 0 Å². The molecule has 0 saturated heterocycles. The number of hydrogen-bond donors (Lipinski definition) is 2. The Hall–Kier alpha value is -3.20. The molecule has 3 N–H and O–H groups in total. The molecule has 2 aromatic heterocycles. The summed E-state index contributed by atoms with van der Waals surface area (Å²) in [6, 6.07) is 11.1. The Labute approximate surface area is 176 Å². The molecule has 0 aliphatic carbocycles. The highest BCUT2D eigenvalue weighted by Crippen LogP contribution is 2.19. The maximum atomic E-state index is 12.0. The smallest absolute Gasteiger partial charge is 0.265 e. The third-order valence-corrected chi connectivity index (χ3v) is 4.58. The molecule has 29 heavy (non-hydrogen) atoms. The molecule has 9 heteroatoms. The average molecular weight is 457 g/mol. The monoisotopic (exact) mass is 456 g/mol. The maximum absolute atomic E-state index is 12.0. The van der Waals surface area contributed by atoms with E-state index in [1.807, 2.05) is 45.0 Å². The third-order valence-electron chi connectivity index (χ3n) is 4.09. The molecule has 0 spiro atoms. The minimum atomic E-state index is -0.329. The molecule has 1 aromatic carbocycles. The van der Waals surface area contributed by atoms with Gasteiger partial charge in [-0.25, -0.2) is 9.67 Å². The lowest BCUT2D eigenvalue weighted by Crippen LogP contribution is -2.20. The minimum absolute atomic E-state index is 0.130. The van der Waals surface area contributed by atoms with Gasteiger partial charge in [-0.3, -0.25) is 4.79 Å². The standard InChI is InChI=1S/C20H21BrN6O2/c1-12-8-16(21)5-6-17(12)24-19(28)11-29-26-20(22)15-4-7-18(23-10-15)27-14(3)9-13(2)25-27/h4-10H,11H2,1-3H3,(H2,22,26)(H,24,28). The number of amides is 1. The van der Waals surface area contributed by atoms with Crippen LogP contribution >= 0.6 is 15.9 Å². The molecule has 0 radical (unpaired) electrons. The van der Waals surface area contributed by atoms with Crippen molar-refractivity contribution in [3.63, 3.8) is 0 Å². The number of hydrogen-bond acceptors (Lipinski definition) is 5. The first-order chi connectivity index (χ1) is 13.8. The number of nitrogens with zero attached hydrogens (tertiary/aromatic N) is 4. The molecule has 150 valence electrons. The van der Waals surface area contributed by atoms with Crippen molar-refractivity contribution in [1.82, 2.24) is 14.8 Å². The predicted octanol–water partition coefficient (Wildman–Crippen LogP) is 3.23. The van der Waals surface area contributed by atoms with Crippen LogP contribution < -0.4 is 11.1 Å². The quantitative estimate of drug-likeness (QED) is 0.336. The number of nitrogens with two attached hydrogens (primary N) is 1. The lowest BCUT2D eigenvalue weighted by atomic mass is 10.2. The number of carbonyl (C=O) groups is 1. The van der Waals surface area contributed by atoms with Crippen LogP contribution in [0.1, 0.15) is 22.5 Å². The lowest BCUT2D eigenvalue weighted by Gasteiger charge is -2.08. The summed E-state index contributed by atoms with van der Waals surface area (Å²) in [6.07, 6.45) is 1.58. The molecular weight excluding hydrogens is 436 g/mol. The van der Waals surface area contributed by atoms with Crippen molar-refractivity contribution in [2.45, 2.75) is 20.8 Å². The molecule has 0 atom stereocenters. The number of aryl methyl sites for hydroxylation is 3. The fraction of sp³-hybridized carbons (Fsp3) is 0.200. The van der Waals surface area contributed by atoms with E-state index in [4.69, 9.17) is 10.6 Å². The van der Waals surface area contributed by atoms with Gasteiger partial charge in [0.2, 0.25) is 0 Å². The summed E-state index contributed by atoms with van der Waals surface area (Å²) >= 11 is 3.39. The largest absolute Gasteiger partial charge is 0.384 e. The van der Waals surface area contributed by atoms with Gasteiger partial charge in [0, 0.05) is 27.6 Å². The van der Waals surface area contributed by atoms with Gasteiger partial charge in [0.15, 0.2) is 18.3 Å². The van der Waals surface area contributed by atoms with E-state index >= 15 is 0 Å². The lowest BCUT2D eigenvalue weighted by molar-refractivity contribution is -0.120. The first-order valence-electron chi connectivity index (χ1n) is 8.85. The van der Waals surface area contributed by atoms with Crippen LogP contribution in [-0.4, -0.2) is 33.1 Å². The Morgan fingerprint density at radius 2 is 2.03 bits per heavy atom. The molecule has 0 bridgehead atoms. The SMILES string of the molecule is Cc1cc(C)n(-c2ccc(/C(N)=N/OCC(=O)Nc3ccc(Br)cc3C)cn2)n1. The second-order valence-electron chi connectivity index (χ2n) is 6.50. The number of pyridine rings is 1. The molecule has 0 unspecified atom stereocenters. The zero-order valence-corrected chi connectivity index (χ0v) is 17.9. The van der Waals surface area contributed by atoms with E-state index in [-0.39, 0.29) is 18.3 Å². The zero-order valence-electron chi connectivity index (χ0n) is 16.3. The van der Waals surface area contributed by atoms with E-state index in [9.17, 15) is 4.79 Å². The predicted molar refractivity (Wildman–Crippen MR) is 115 cm³/mol. The van der Waals surface area contributed by atoms with E-state index < -0.39 is 0 Å². The third kappa shape index (κ3) is 5.20. The van der Waals surface area contributed by atoms with Gasteiger partial charge in [-0.15, -0.1) is 0 Å². The summed E-state index contributed by atoms with van der Waals surface area (Å²) in [6.45, 7) is 5.53. The summed E-state index contributed by atoms with van der Waals surface area (Å²) in [7, 11) is 0. The molecule has 8 nitrogen and oxygen atoms in total. The molecule has 1 amide bonds. The number of benzene rings is 1. The van der Waals surface area contributed by atoms with E-state index in [1.54, 1.807) is 23.0 Å². The van der Waals surface area contributed by atoms with Gasteiger partial charge in [-0.05, 0) is 62.7 Å². The Balaban J connectivity index is 1.58. The number of rotatable bonds is 6. The summed E-state index contributed by atoms with van der Waals surface area (Å²) in [5.74, 6) is 0.479. The zero-order chi connectivity index (χ0) is 21.0. The van der Waals surface area contributed by atoms with Gasteiger partial charge in [0.1, 0.15) is 0 Å². The van der Waals surface area contributed by atoms with Gasteiger partial charge in [0.25, 0.3) is 5.91 Å². The number of oxime groups is 1. The van der Waals surface area contributed by atoms with Crippen molar-refractivity contribution in [3.05, 3.63) is 69.6 Å². The highest BCUT2D eigenvalue weighted by molar-refractivity contribution is 9.10. The van der Waals surface area contributed by atoms with Gasteiger partial charge in [-0.1, -0.05) is 21.1 Å². The Bertz CT molecular complexity index is 1060. The molecule has 2 heterocycles. The normalized spacial score (nSPS) is 11.4. The van der Waals surface area contributed by atoms with Crippen LogP contribution in [-0.2, 0) is 9.63 Å². The number of halogens is 1. The fourth-order valence-electron chi connectivity index (χ4n) is 2.69. The fourth-order valence-corrected chi connectivity index (χ4v) is 3.17. The Kier molecular flexibility index (Phi) is 6.28. The van der Waals surface area contributed by atoms with E-state index in [1.165, 1.54) is 0 Å². The molecule has 0 aliphatic heterocycles. The summed E-state index contributed by atoms with van der Waals surface area (Å²) in [4.78, 5) is 21.5. The van der Waals surface area contributed by atoms with E-state index in [0.29, 0.717) is 17.1 Å². The topological polar surface area (TPSA) is 107 Å². The van der Waals surface area contributed by atoms with E-state index in [2.05, 4.69) is 36.5 Å². The van der Waals surface area contributed by atoms with Crippen LogP contribution in [0.3, 0.4) is 0 Å². The molecule has 3 aromatic rings. The van der Waals surface area contributed by atoms with Crippen LogP contribution in [0.4, 0.5) is 5.69 Å². The van der Waals surface area contributed by atoms with Gasteiger partial charge in [0.05, 0.1) is 5.69 Å². The Morgan fingerprint density at radius 3 is 2.66 bits per heavy atom. The number of anilines is 1. The summed E-state index contributed by atoms with van der Waals surface area (Å²) in [5.41, 5.74) is 10.1. The number of nitrogens with one attached hydrogen (secondary N) is 1. The minimum Gasteiger partial charge on any atom is -0.384 e. The summed E-state index contributed by atoms with van der Waals surface area (Å²) < 4.78 is 2.69. The van der Waals surface area contributed by atoms with Crippen molar-refractivity contribution >= 4 is 33.4 Å². The molecular formula is C20H21BrN6O2. The van der Waals surface area contributed by atoms with Crippen molar-refractivity contribution in [3.8, 4) is 5.82 Å². The highest BCUT2D eigenvalue weighted by Gasteiger charge is 2.08. The highest BCUT2D eigenvalue weighted by atomic mass is 79.9. The van der Waals surface area contributed by atoms with Crippen molar-refractivity contribution in [1.29, 1.82) is 0 Å². The number of aromatic nitrogens is 3. The second kappa shape index (κ2) is 8.87. The maximum Gasteiger partial charge on any atom is 0.265 e. The number of carbonyl (C=O) groups excluding carboxylic acids is 1. The number of amidine groups is 1. The van der Waals surface area contributed by atoms with Crippen LogP contribution in [0.25, 0.3) is 5.82 Å². The first kappa shape index (κ1) is 20.5. The molecule has 0 aliphatic rings. The van der Waals surface area contributed by atoms with Crippen molar-refractivity contribution in [2.24, 2.45) is 10.9 Å². The molecule has 0 fully saturated rings. The van der Waals surface area contributed by atoms with Gasteiger partial charge in [-0.2, -0.15) is 5.10 Å². The average Bonchev–Trinajstić information content (AvgIpc) is 3.02. The molecule has 3 rings (SSSR count). The second-order valence-corrected chi connectivity index (χ2v) is 7.42. The summed E-state index contributed by atoms with van der Waals surface area (Å²) in [5, 5.41) is 11.0. The van der Waals surface area contributed by atoms with Crippen LogP contribution in [0.2, 0.25) is 0 Å².